The molecule has 1 rings (SSSR count). The lowest BCUT2D eigenvalue weighted by Gasteiger charge is -2.02. The predicted octanol–water partition coefficient (Wildman–Crippen LogP) is 5.21. The summed E-state index contributed by atoms with van der Waals surface area (Å²) in [5.74, 6) is -0.216. The number of aliphatic carboxylic acids is 1. The van der Waals surface area contributed by atoms with Gasteiger partial charge in [0.1, 0.15) is 5.75 Å². The molecule has 0 fully saturated rings. The van der Waals surface area contributed by atoms with Crippen LogP contribution in [0.3, 0.4) is 0 Å². The first kappa shape index (κ1) is 31.0. The van der Waals surface area contributed by atoms with E-state index in [4.69, 9.17) is 9.84 Å². The third-order valence-corrected chi connectivity index (χ3v) is 4.62. The Morgan fingerprint density at radius 1 is 0.742 bits per heavy atom. The van der Waals surface area contributed by atoms with Crippen molar-refractivity contribution in [3.05, 3.63) is 30.3 Å². The topological polar surface area (TPSA) is 89.9 Å². The van der Waals surface area contributed by atoms with Crippen molar-refractivity contribution in [1.82, 2.24) is 0 Å². The molecular weight excluding hydrogens is 412 g/mol. The average Bonchev–Trinajstić information content (AvgIpc) is 2.75. The van der Waals surface area contributed by atoms with Crippen LogP contribution in [0, 0.1) is 0 Å². The number of carbonyl (C=O) groups excluding carboxylic acids is 2. The van der Waals surface area contributed by atoms with E-state index in [0.717, 1.165) is 57.8 Å². The molecular formula is C24H42O6Si. The number of esters is 1. The van der Waals surface area contributed by atoms with E-state index in [9.17, 15) is 14.4 Å². The van der Waals surface area contributed by atoms with Crippen molar-refractivity contribution in [3.8, 4) is 5.75 Å². The Labute approximate surface area is 191 Å². The highest BCUT2D eigenvalue weighted by Crippen LogP contribution is 2.10. The minimum absolute atomic E-state index is 0.0323. The Bertz CT molecular complexity index is 562. The lowest BCUT2D eigenvalue weighted by Crippen LogP contribution is -2.07. The first-order valence-corrected chi connectivity index (χ1v) is 12.3. The number of carbonyl (C=O) groups is 3. The van der Waals surface area contributed by atoms with Crippen molar-refractivity contribution in [2.75, 3.05) is 0 Å². The fraction of sp³-hybridized carbons (Fsp3) is 0.625. The molecule has 1 aromatic rings. The maximum Gasteiger partial charge on any atom is 0.311 e. The quantitative estimate of drug-likeness (QED) is 0.190. The van der Waals surface area contributed by atoms with Crippen LogP contribution in [0.2, 0.25) is 0 Å². The summed E-state index contributed by atoms with van der Waals surface area (Å²) in [6.07, 6.45) is 10.8. The molecule has 7 heteroatoms. The molecule has 178 valence electrons. The summed E-state index contributed by atoms with van der Waals surface area (Å²) in [5.41, 5.74) is 0. The summed E-state index contributed by atoms with van der Waals surface area (Å²) in [6, 6.07) is 9.19. The van der Waals surface area contributed by atoms with Crippen LogP contribution in [0.25, 0.3) is 0 Å². The minimum atomic E-state index is -0.682. The van der Waals surface area contributed by atoms with Gasteiger partial charge in [0, 0.05) is 19.3 Å². The number of ether oxygens (including phenoxy) is 1. The number of carboxylic acid groups (broad SMARTS) is 1. The lowest BCUT2D eigenvalue weighted by atomic mass is 10.2. The maximum absolute atomic E-state index is 11.3. The van der Waals surface area contributed by atoms with Gasteiger partial charge in [-0.2, -0.15) is 0 Å². The molecule has 0 radical (unpaired) electrons. The molecule has 0 saturated heterocycles. The van der Waals surface area contributed by atoms with E-state index in [1.54, 1.807) is 12.1 Å². The van der Waals surface area contributed by atoms with Crippen molar-refractivity contribution >= 4 is 28.4 Å². The van der Waals surface area contributed by atoms with Gasteiger partial charge in [0.05, 0.1) is 0 Å². The Morgan fingerprint density at radius 2 is 1.19 bits per heavy atom. The van der Waals surface area contributed by atoms with E-state index >= 15 is 0 Å². The van der Waals surface area contributed by atoms with Gasteiger partial charge in [-0.1, -0.05) is 77.5 Å². The predicted molar refractivity (Wildman–Crippen MR) is 128 cm³/mol. The van der Waals surface area contributed by atoms with Gasteiger partial charge < -0.3 is 14.3 Å². The molecule has 31 heavy (non-hydrogen) atoms. The fourth-order valence-corrected chi connectivity index (χ4v) is 2.54. The number of hydrogen-bond donors (Lipinski definition) is 1. The van der Waals surface area contributed by atoms with Crippen LogP contribution >= 0.6 is 0 Å². The van der Waals surface area contributed by atoms with Crippen molar-refractivity contribution in [1.29, 1.82) is 0 Å². The molecule has 0 saturated carbocycles. The van der Waals surface area contributed by atoms with Crippen LogP contribution in [0.5, 0.6) is 5.75 Å². The molecule has 0 atom stereocenters. The van der Waals surface area contributed by atoms with Crippen molar-refractivity contribution < 1.29 is 28.7 Å². The van der Waals surface area contributed by atoms with Crippen LogP contribution in [-0.4, -0.2) is 33.5 Å². The molecule has 0 heterocycles. The molecule has 1 N–H and O–H groups in total. The number of rotatable bonds is 13. The third-order valence-electron chi connectivity index (χ3n) is 4.17. The monoisotopic (exact) mass is 454 g/mol. The van der Waals surface area contributed by atoms with Gasteiger partial charge in [0.2, 0.25) is 10.5 Å². The van der Waals surface area contributed by atoms with E-state index in [0.29, 0.717) is 35.5 Å². The van der Waals surface area contributed by atoms with Crippen LogP contribution in [0.1, 0.15) is 97.8 Å². The SMILES string of the molecule is CCCCCC(=O)O.CCCCCC(=O)O[SiH3].CCCCCC(=O)Oc1ccccc1. The van der Waals surface area contributed by atoms with Crippen molar-refractivity contribution in [3.63, 3.8) is 0 Å². The van der Waals surface area contributed by atoms with Crippen LogP contribution in [0.4, 0.5) is 0 Å². The van der Waals surface area contributed by atoms with E-state index < -0.39 is 5.97 Å². The molecule has 1 aromatic carbocycles. The first-order valence-electron chi connectivity index (χ1n) is 11.4. The van der Waals surface area contributed by atoms with Gasteiger partial charge in [0.15, 0.2) is 0 Å². The highest BCUT2D eigenvalue weighted by molar-refractivity contribution is 6.05. The number of carboxylic acids is 1. The number of unbranched alkanes of at least 4 members (excludes halogenated alkanes) is 6. The molecule has 0 aliphatic carbocycles. The maximum atomic E-state index is 11.3. The smallest absolute Gasteiger partial charge is 0.311 e. The summed E-state index contributed by atoms with van der Waals surface area (Å²) in [4.78, 5) is 31.6. The molecule has 0 aromatic heterocycles. The van der Waals surface area contributed by atoms with Gasteiger partial charge in [0.25, 0.3) is 5.97 Å². The summed E-state index contributed by atoms with van der Waals surface area (Å²) in [7, 11) is 0.542. The van der Waals surface area contributed by atoms with Crippen LogP contribution < -0.4 is 4.74 Å². The second kappa shape index (κ2) is 24.1. The van der Waals surface area contributed by atoms with Gasteiger partial charge >= 0.3 is 11.9 Å². The molecule has 6 nitrogen and oxygen atoms in total. The fourth-order valence-electron chi connectivity index (χ4n) is 2.34. The van der Waals surface area contributed by atoms with Gasteiger partial charge in [-0.05, 0) is 31.4 Å². The van der Waals surface area contributed by atoms with Gasteiger partial charge in [-0.15, -0.1) is 0 Å². The number of benzene rings is 1. The first-order chi connectivity index (χ1) is 14.9. The van der Waals surface area contributed by atoms with Gasteiger partial charge in [-0.3, -0.25) is 14.4 Å². The normalized spacial score (nSPS) is 9.52. The summed E-state index contributed by atoms with van der Waals surface area (Å²) in [5, 5.41) is 8.14. The van der Waals surface area contributed by atoms with Crippen molar-refractivity contribution in [2.45, 2.75) is 97.8 Å². The largest absolute Gasteiger partial charge is 0.529 e. The second-order valence-electron chi connectivity index (χ2n) is 7.13. The molecule has 0 unspecified atom stereocenters. The molecule has 0 aliphatic heterocycles. The highest BCUT2D eigenvalue weighted by atomic mass is 28.2. The summed E-state index contributed by atoms with van der Waals surface area (Å²) < 4.78 is 9.72. The lowest BCUT2D eigenvalue weighted by molar-refractivity contribution is -0.137. The Morgan fingerprint density at radius 3 is 1.61 bits per heavy atom. The molecule has 0 bridgehead atoms. The van der Waals surface area contributed by atoms with Crippen LogP contribution in [0.15, 0.2) is 30.3 Å². The average molecular weight is 455 g/mol. The highest BCUT2D eigenvalue weighted by Gasteiger charge is 2.03. The Kier molecular flexibility index (Phi) is 24.1. The van der Waals surface area contributed by atoms with E-state index in [2.05, 4.69) is 25.2 Å². The second-order valence-corrected chi connectivity index (χ2v) is 7.54. The minimum Gasteiger partial charge on any atom is -0.529 e. The summed E-state index contributed by atoms with van der Waals surface area (Å²) >= 11 is 0. The Hall–Kier alpha value is -2.15. The Balaban J connectivity index is 0. The van der Waals surface area contributed by atoms with E-state index in [-0.39, 0.29) is 11.9 Å². The zero-order chi connectivity index (χ0) is 23.7. The zero-order valence-corrected chi connectivity index (χ0v) is 21.9. The van der Waals surface area contributed by atoms with Gasteiger partial charge in [-0.25, -0.2) is 0 Å². The summed E-state index contributed by atoms with van der Waals surface area (Å²) in [6.45, 7) is 6.29. The van der Waals surface area contributed by atoms with E-state index in [1.807, 2.05) is 18.2 Å². The number of hydrogen-bond acceptors (Lipinski definition) is 5. The zero-order valence-electron chi connectivity index (χ0n) is 19.9. The van der Waals surface area contributed by atoms with Crippen molar-refractivity contribution in [2.24, 2.45) is 0 Å². The van der Waals surface area contributed by atoms with E-state index in [1.165, 1.54) is 0 Å². The molecule has 0 aliphatic rings. The molecule has 0 amide bonds. The molecule has 0 spiro atoms. The third kappa shape index (κ3) is 25.8. The van der Waals surface area contributed by atoms with Crippen LogP contribution in [-0.2, 0) is 18.8 Å². The standard InChI is InChI=1S/C12H16O2.C6H14O2Si.C6H12O2/c1-2-3-5-10-12(13)14-11-8-6-4-7-9-11;1-2-3-4-5-6(7)8-9;1-2-3-4-5-6(7)8/h4,6-9H,2-3,5,10H2,1H3;2-5H2,1,9H3;2-5H2,1H3,(H,7,8). The number of para-hydroxylation sites is 1.